The summed E-state index contributed by atoms with van der Waals surface area (Å²) in [6.07, 6.45) is 1.65. The Balaban J connectivity index is 1.99. The average molecular weight is 383 g/mol. The highest BCUT2D eigenvalue weighted by Crippen LogP contribution is 2.29. The molecule has 1 aromatic heterocycles. The number of methoxy groups -OCH3 is 2. The van der Waals surface area contributed by atoms with Crippen LogP contribution in [0.15, 0.2) is 66.9 Å². The molecule has 27 heavy (non-hydrogen) atoms. The third kappa shape index (κ3) is 4.20. The number of hydrogen-bond acceptors (Lipinski definition) is 4. The Morgan fingerprint density at radius 3 is 2.41 bits per heavy atom. The van der Waals surface area contributed by atoms with Gasteiger partial charge in [-0.1, -0.05) is 35.9 Å². The highest BCUT2D eigenvalue weighted by molar-refractivity contribution is 6.34. The van der Waals surface area contributed by atoms with Gasteiger partial charge in [0.05, 0.1) is 31.4 Å². The van der Waals surface area contributed by atoms with E-state index in [-0.39, 0.29) is 5.91 Å². The van der Waals surface area contributed by atoms with Crippen LogP contribution in [0, 0.1) is 0 Å². The third-order valence-electron chi connectivity index (χ3n) is 4.06. The van der Waals surface area contributed by atoms with Crippen molar-refractivity contribution in [3.63, 3.8) is 0 Å². The summed E-state index contributed by atoms with van der Waals surface area (Å²) in [4.78, 5) is 19.1. The van der Waals surface area contributed by atoms with Crippen LogP contribution < -0.4 is 14.4 Å². The lowest BCUT2D eigenvalue weighted by atomic mass is 10.1. The first kappa shape index (κ1) is 18.7. The fourth-order valence-corrected chi connectivity index (χ4v) is 2.93. The van der Waals surface area contributed by atoms with E-state index in [1.54, 1.807) is 61.7 Å². The zero-order valence-corrected chi connectivity index (χ0v) is 15.8. The molecule has 0 saturated heterocycles. The van der Waals surface area contributed by atoms with Crippen molar-refractivity contribution >= 4 is 23.3 Å². The lowest BCUT2D eigenvalue weighted by Crippen LogP contribution is -2.31. The Morgan fingerprint density at radius 2 is 1.74 bits per heavy atom. The molecular weight excluding hydrogens is 364 g/mol. The summed E-state index contributed by atoms with van der Waals surface area (Å²) in [7, 11) is 3.16. The first-order chi connectivity index (χ1) is 13.1. The number of carbonyl (C=O) groups is 1. The molecule has 1 heterocycles. The Labute approximate surface area is 163 Å². The molecule has 0 N–H and O–H groups in total. The molecule has 1 amide bonds. The Hall–Kier alpha value is -3.05. The van der Waals surface area contributed by atoms with Gasteiger partial charge in [0.15, 0.2) is 11.5 Å². The largest absolute Gasteiger partial charge is 0.493 e. The minimum Gasteiger partial charge on any atom is -0.493 e. The van der Waals surface area contributed by atoms with Gasteiger partial charge in [-0.15, -0.1) is 0 Å². The number of hydrogen-bond donors (Lipinski definition) is 0. The van der Waals surface area contributed by atoms with Crippen LogP contribution in [0.3, 0.4) is 0 Å². The van der Waals surface area contributed by atoms with Gasteiger partial charge in [-0.2, -0.15) is 0 Å². The molecule has 0 bridgehead atoms. The summed E-state index contributed by atoms with van der Waals surface area (Å²) in [5.74, 6) is 1.54. The van der Waals surface area contributed by atoms with Crippen LogP contribution in [0.25, 0.3) is 0 Å². The molecule has 0 saturated carbocycles. The van der Waals surface area contributed by atoms with E-state index < -0.39 is 0 Å². The van der Waals surface area contributed by atoms with E-state index in [4.69, 9.17) is 21.1 Å². The second-order valence-corrected chi connectivity index (χ2v) is 6.16. The maximum atomic E-state index is 13.2. The first-order valence-electron chi connectivity index (χ1n) is 8.32. The van der Waals surface area contributed by atoms with Gasteiger partial charge < -0.3 is 9.47 Å². The van der Waals surface area contributed by atoms with Crippen molar-refractivity contribution in [2.75, 3.05) is 19.1 Å². The van der Waals surface area contributed by atoms with Crippen LogP contribution in [0.5, 0.6) is 11.5 Å². The van der Waals surface area contributed by atoms with Gasteiger partial charge in [-0.3, -0.25) is 9.69 Å². The molecule has 6 heteroatoms. The zero-order chi connectivity index (χ0) is 19.2. The molecule has 0 aliphatic rings. The highest BCUT2D eigenvalue weighted by Gasteiger charge is 2.21. The van der Waals surface area contributed by atoms with Crippen LogP contribution in [0.4, 0.5) is 5.82 Å². The van der Waals surface area contributed by atoms with Crippen LogP contribution >= 0.6 is 11.6 Å². The normalized spacial score (nSPS) is 10.3. The summed E-state index contributed by atoms with van der Waals surface area (Å²) in [5, 5.41) is 0.399. The monoisotopic (exact) mass is 382 g/mol. The standard InChI is InChI=1S/C21H19ClN2O3/c1-26-18-11-10-15(13-19(18)27-2)14-24(20-9-5-6-12-23-20)21(25)16-7-3-4-8-17(16)22/h3-13H,14H2,1-2H3. The average Bonchev–Trinajstić information content (AvgIpc) is 2.72. The first-order valence-corrected chi connectivity index (χ1v) is 8.70. The van der Waals surface area contributed by atoms with Crippen molar-refractivity contribution < 1.29 is 14.3 Å². The fourth-order valence-electron chi connectivity index (χ4n) is 2.71. The molecular formula is C21H19ClN2O3. The molecule has 0 aliphatic carbocycles. The van der Waals surface area contributed by atoms with Crippen molar-refractivity contribution in [2.24, 2.45) is 0 Å². The quantitative estimate of drug-likeness (QED) is 0.625. The van der Waals surface area contributed by atoms with Gasteiger partial charge in [0.25, 0.3) is 5.91 Å². The van der Waals surface area contributed by atoms with Crippen LogP contribution in [0.1, 0.15) is 15.9 Å². The van der Waals surface area contributed by atoms with Crippen molar-refractivity contribution in [1.29, 1.82) is 0 Å². The number of ether oxygens (including phenoxy) is 2. The lowest BCUT2D eigenvalue weighted by Gasteiger charge is -2.23. The molecule has 0 atom stereocenters. The summed E-state index contributed by atoms with van der Waals surface area (Å²) in [5.41, 5.74) is 1.30. The molecule has 3 aromatic rings. The van der Waals surface area contributed by atoms with Gasteiger partial charge in [-0.05, 0) is 42.0 Å². The molecule has 138 valence electrons. The third-order valence-corrected chi connectivity index (χ3v) is 4.39. The van der Waals surface area contributed by atoms with Gasteiger partial charge in [-0.25, -0.2) is 4.98 Å². The number of halogens is 1. The van der Waals surface area contributed by atoms with Gasteiger partial charge in [0.1, 0.15) is 5.82 Å². The Kier molecular flexibility index (Phi) is 5.94. The van der Waals surface area contributed by atoms with E-state index in [0.29, 0.717) is 34.4 Å². The number of anilines is 1. The van der Waals surface area contributed by atoms with E-state index in [2.05, 4.69) is 4.98 Å². The van der Waals surface area contributed by atoms with Gasteiger partial charge in [0.2, 0.25) is 0 Å². The number of nitrogens with zero attached hydrogens (tertiary/aromatic N) is 2. The highest BCUT2D eigenvalue weighted by atomic mass is 35.5. The minimum atomic E-state index is -0.228. The molecule has 0 aliphatic heterocycles. The smallest absolute Gasteiger partial charge is 0.261 e. The van der Waals surface area contributed by atoms with E-state index >= 15 is 0 Å². The minimum absolute atomic E-state index is 0.228. The molecule has 5 nitrogen and oxygen atoms in total. The number of amides is 1. The molecule has 0 unspecified atom stereocenters. The predicted octanol–water partition coefficient (Wildman–Crippen LogP) is 4.60. The topological polar surface area (TPSA) is 51.7 Å². The number of rotatable bonds is 6. The second kappa shape index (κ2) is 8.56. The Bertz CT molecular complexity index is 932. The second-order valence-electron chi connectivity index (χ2n) is 5.75. The van der Waals surface area contributed by atoms with Crippen molar-refractivity contribution in [3.05, 3.63) is 83.0 Å². The van der Waals surface area contributed by atoms with Crippen molar-refractivity contribution in [3.8, 4) is 11.5 Å². The number of aromatic nitrogens is 1. The van der Waals surface area contributed by atoms with Crippen LogP contribution in [-0.2, 0) is 6.54 Å². The van der Waals surface area contributed by atoms with E-state index in [1.165, 1.54) is 0 Å². The molecule has 2 aromatic carbocycles. The maximum Gasteiger partial charge on any atom is 0.261 e. The van der Waals surface area contributed by atoms with E-state index in [9.17, 15) is 4.79 Å². The van der Waals surface area contributed by atoms with Crippen molar-refractivity contribution in [1.82, 2.24) is 4.98 Å². The summed E-state index contributed by atoms with van der Waals surface area (Å²) < 4.78 is 10.6. The number of carbonyl (C=O) groups excluding carboxylic acids is 1. The summed E-state index contributed by atoms with van der Waals surface area (Å²) >= 11 is 6.24. The summed E-state index contributed by atoms with van der Waals surface area (Å²) in [6.45, 7) is 0.307. The van der Waals surface area contributed by atoms with Crippen LogP contribution in [-0.4, -0.2) is 25.1 Å². The maximum absolute atomic E-state index is 13.2. The van der Waals surface area contributed by atoms with Gasteiger partial charge in [0, 0.05) is 6.20 Å². The lowest BCUT2D eigenvalue weighted by molar-refractivity contribution is 0.0984. The number of benzene rings is 2. The number of pyridine rings is 1. The van der Waals surface area contributed by atoms with Crippen LogP contribution in [0.2, 0.25) is 5.02 Å². The molecule has 0 radical (unpaired) electrons. The molecule has 0 fully saturated rings. The van der Waals surface area contributed by atoms with E-state index in [1.807, 2.05) is 24.3 Å². The fraction of sp³-hybridized carbons (Fsp3) is 0.143. The Morgan fingerprint density at radius 1 is 1.00 bits per heavy atom. The van der Waals surface area contributed by atoms with E-state index in [0.717, 1.165) is 5.56 Å². The molecule has 0 spiro atoms. The van der Waals surface area contributed by atoms with Gasteiger partial charge >= 0.3 is 0 Å². The SMILES string of the molecule is COc1ccc(CN(C(=O)c2ccccc2Cl)c2ccccn2)cc1OC. The molecule has 3 rings (SSSR count). The predicted molar refractivity (Wildman–Crippen MR) is 106 cm³/mol. The van der Waals surface area contributed by atoms with Crippen molar-refractivity contribution in [2.45, 2.75) is 6.54 Å². The summed E-state index contributed by atoms with van der Waals surface area (Å²) in [6, 6.07) is 17.9. The zero-order valence-electron chi connectivity index (χ0n) is 15.1.